The van der Waals surface area contributed by atoms with Gasteiger partial charge in [0.15, 0.2) is 5.82 Å². The van der Waals surface area contributed by atoms with Gasteiger partial charge in [-0.15, -0.1) is 0 Å². The standard InChI is InChI=1S/C13H16ClN3O/c1-2-8-5-6-17-10(7-8)13(18)15-9-3-4-11(14)16-12(9)17/h3-4,8,10H,2,5-7H2,1H3,(H,15,18). The van der Waals surface area contributed by atoms with Crippen molar-refractivity contribution in [3.05, 3.63) is 17.3 Å². The summed E-state index contributed by atoms with van der Waals surface area (Å²) >= 11 is 5.95. The van der Waals surface area contributed by atoms with E-state index in [0.29, 0.717) is 11.1 Å². The Kier molecular flexibility index (Phi) is 2.90. The minimum atomic E-state index is -0.0813. The highest BCUT2D eigenvalue weighted by Gasteiger charge is 2.38. The van der Waals surface area contributed by atoms with Crippen LogP contribution in [0.2, 0.25) is 5.15 Å². The molecule has 1 fully saturated rings. The highest BCUT2D eigenvalue weighted by Crippen LogP contribution is 2.37. The summed E-state index contributed by atoms with van der Waals surface area (Å²) < 4.78 is 0. The number of amides is 1. The molecule has 2 aliphatic heterocycles. The van der Waals surface area contributed by atoms with Crippen LogP contribution in [-0.4, -0.2) is 23.5 Å². The Morgan fingerprint density at radius 2 is 2.39 bits per heavy atom. The first kappa shape index (κ1) is 11.8. The van der Waals surface area contributed by atoms with E-state index in [-0.39, 0.29) is 11.9 Å². The zero-order chi connectivity index (χ0) is 12.7. The molecule has 2 atom stereocenters. The third-order valence-corrected chi connectivity index (χ3v) is 4.17. The number of nitrogens with one attached hydrogen (secondary N) is 1. The molecule has 0 bridgehead atoms. The molecule has 0 radical (unpaired) electrons. The molecule has 1 aromatic heterocycles. The van der Waals surface area contributed by atoms with Crippen LogP contribution in [-0.2, 0) is 4.79 Å². The maximum atomic E-state index is 12.1. The van der Waals surface area contributed by atoms with Gasteiger partial charge < -0.3 is 10.2 Å². The molecule has 0 spiro atoms. The predicted octanol–water partition coefficient (Wildman–Crippen LogP) is 2.68. The molecule has 3 rings (SSSR count). The quantitative estimate of drug-likeness (QED) is 0.794. The van der Waals surface area contributed by atoms with Gasteiger partial charge in [-0.25, -0.2) is 4.98 Å². The molecular formula is C13H16ClN3O. The molecule has 5 heteroatoms. The van der Waals surface area contributed by atoms with Gasteiger partial charge >= 0.3 is 0 Å². The molecule has 2 unspecified atom stereocenters. The Morgan fingerprint density at radius 3 is 3.17 bits per heavy atom. The first-order chi connectivity index (χ1) is 8.69. The van der Waals surface area contributed by atoms with Crippen molar-refractivity contribution in [2.75, 3.05) is 16.8 Å². The van der Waals surface area contributed by atoms with Gasteiger partial charge in [0.1, 0.15) is 11.2 Å². The van der Waals surface area contributed by atoms with Crippen molar-refractivity contribution in [2.24, 2.45) is 5.92 Å². The van der Waals surface area contributed by atoms with Crippen LogP contribution in [0.1, 0.15) is 26.2 Å². The van der Waals surface area contributed by atoms with E-state index < -0.39 is 0 Å². The van der Waals surface area contributed by atoms with E-state index in [2.05, 4.69) is 22.1 Å². The normalized spacial score (nSPS) is 26.3. The second-order valence-corrected chi connectivity index (χ2v) is 5.39. The van der Waals surface area contributed by atoms with Crippen LogP contribution in [0.5, 0.6) is 0 Å². The Balaban J connectivity index is 1.97. The Hall–Kier alpha value is -1.29. The summed E-state index contributed by atoms with van der Waals surface area (Å²) in [5.41, 5.74) is 0.774. The van der Waals surface area contributed by atoms with Crippen molar-refractivity contribution >= 4 is 29.0 Å². The van der Waals surface area contributed by atoms with Crippen LogP contribution < -0.4 is 10.2 Å². The summed E-state index contributed by atoms with van der Waals surface area (Å²) in [5.74, 6) is 1.55. The molecule has 0 aliphatic carbocycles. The zero-order valence-corrected chi connectivity index (χ0v) is 11.1. The zero-order valence-electron chi connectivity index (χ0n) is 10.3. The predicted molar refractivity (Wildman–Crippen MR) is 72.0 cm³/mol. The topological polar surface area (TPSA) is 45.2 Å². The first-order valence-electron chi connectivity index (χ1n) is 6.43. The number of anilines is 2. The van der Waals surface area contributed by atoms with E-state index in [1.54, 1.807) is 6.07 Å². The fraction of sp³-hybridized carbons (Fsp3) is 0.538. The molecule has 18 heavy (non-hydrogen) atoms. The van der Waals surface area contributed by atoms with Gasteiger partial charge in [0.2, 0.25) is 5.91 Å². The number of carbonyl (C=O) groups is 1. The summed E-state index contributed by atoms with van der Waals surface area (Å²) in [6, 6.07) is 3.45. The molecule has 2 aliphatic rings. The summed E-state index contributed by atoms with van der Waals surface area (Å²) in [6.07, 6.45) is 3.16. The number of hydrogen-bond donors (Lipinski definition) is 1. The summed E-state index contributed by atoms with van der Waals surface area (Å²) in [7, 11) is 0. The first-order valence-corrected chi connectivity index (χ1v) is 6.81. The van der Waals surface area contributed by atoms with Crippen LogP contribution in [0.25, 0.3) is 0 Å². The van der Waals surface area contributed by atoms with Gasteiger partial charge in [-0.05, 0) is 30.9 Å². The van der Waals surface area contributed by atoms with Crippen LogP contribution in [0.3, 0.4) is 0 Å². The maximum Gasteiger partial charge on any atom is 0.247 e. The number of hydrogen-bond acceptors (Lipinski definition) is 3. The van der Waals surface area contributed by atoms with Crippen molar-refractivity contribution in [3.63, 3.8) is 0 Å². The lowest BCUT2D eigenvalue weighted by Gasteiger charge is -2.42. The number of rotatable bonds is 1. The number of pyridine rings is 1. The van der Waals surface area contributed by atoms with Crippen molar-refractivity contribution in [3.8, 4) is 0 Å². The molecule has 0 saturated carbocycles. The van der Waals surface area contributed by atoms with Crippen molar-refractivity contribution < 1.29 is 4.79 Å². The third-order valence-electron chi connectivity index (χ3n) is 3.96. The monoisotopic (exact) mass is 265 g/mol. The van der Waals surface area contributed by atoms with E-state index in [4.69, 9.17) is 11.6 Å². The highest BCUT2D eigenvalue weighted by molar-refractivity contribution is 6.29. The summed E-state index contributed by atoms with van der Waals surface area (Å²) in [6.45, 7) is 3.07. The van der Waals surface area contributed by atoms with E-state index in [0.717, 1.165) is 37.3 Å². The minimum Gasteiger partial charge on any atom is -0.343 e. The van der Waals surface area contributed by atoms with Crippen LogP contribution in [0.4, 0.5) is 11.5 Å². The SMILES string of the molecule is CCC1CCN2c3nc(Cl)ccc3NC(=O)C2C1. The van der Waals surface area contributed by atoms with Gasteiger partial charge in [-0.3, -0.25) is 4.79 Å². The molecule has 0 aromatic carbocycles. The van der Waals surface area contributed by atoms with Crippen molar-refractivity contribution in [1.29, 1.82) is 0 Å². The van der Waals surface area contributed by atoms with E-state index >= 15 is 0 Å². The lowest BCUT2D eigenvalue weighted by Crippen LogP contribution is -2.52. The maximum absolute atomic E-state index is 12.1. The van der Waals surface area contributed by atoms with Crippen molar-refractivity contribution in [2.45, 2.75) is 32.2 Å². The average Bonchev–Trinajstić information content (AvgIpc) is 2.39. The van der Waals surface area contributed by atoms with Gasteiger partial charge in [0.05, 0.1) is 5.69 Å². The number of piperidine rings is 1. The Labute approximate surface area is 111 Å². The van der Waals surface area contributed by atoms with Gasteiger partial charge in [0.25, 0.3) is 0 Å². The van der Waals surface area contributed by atoms with Gasteiger partial charge in [-0.1, -0.05) is 24.9 Å². The van der Waals surface area contributed by atoms with Crippen LogP contribution >= 0.6 is 11.6 Å². The number of halogens is 1. The summed E-state index contributed by atoms with van der Waals surface area (Å²) in [5, 5.41) is 3.40. The Morgan fingerprint density at radius 1 is 1.56 bits per heavy atom. The fourth-order valence-electron chi connectivity index (χ4n) is 2.87. The second kappa shape index (κ2) is 4.43. The number of fused-ring (bicyclic) bond motifs is 3. The summed E-state index contributed by atoms with van der Waals surface area (Å²) in [4.78, 5) is 18.6. The second-order valence-electron chi connectivity index (χ2n) is 5.00. The van der Waals surface area contributed by atoms with Gasteiger partial charge in [0, 0.05) is 6.54 Å². The lowest BCUT2D eigenvalue weighted by molar-refractivity contribution is -0.118. The molecule has 4 nitrogen and oxygen atoms in total. The smallest absolute Gasteiger partial charge is 0.247 e. The molecule has 1 amide bonds. The Bertz CT molecular complexity index is 491. The largest absolute Gasteiger partial charge is 0.343 e. The fourth-order valence-corrected chi connectivity index (χ4v) is 3.01. The van der Waals surface area contributed by atoms with Crippen LogP contribution in [0.15, 0.2) is 12.1 Å². The molecule has 1 saturated heterocycles. The average molecular weight is 266 g/mol. The molecule has 1 aromatic rings. The minimum absolute atomic E-state index is 0.0813. The van der Waals surface area contributed by atoms with Gasteiger partial charge in [-0.2, -0.15) is 0 Å². The van der Waals surface area contributed by atoms with E-state index in [1.165, 1.54) is 0 Å². The molecule has 3 heterocycles. The third kappa shape index (κ3) is 1.85. The van der Waals surface area contributed by atoms with E-state index in [9.17, 15) is 4.79 Å². The highest BCUT2D eigenvalue weighted by atomic mass is 35.5. The van der Waals surface area contributed by atoms with Crippen molar-refractivity contribution in [1.82, 2.24) is 4.98 Å². The lowest BCUT2D eigenvalue weighted by atomic mass is 9.87. The number of carbonyl (C=O) groups excluding carboxylic acids is 1. The molecule has 96 valence electrons. The number of nitrogens with zero attached hydrogens (tertiary/aromatic N) is 2. The molecular weight excluding hydrogens is 250 g/mol. The van der Waals surface area contributed by atoms with E-state index in [1.807, 2.05) is 6.07 Å². The number of aromatic nitrogens is 1. The van der Waals surface area contributed by atoms with Crippen LogP contribution in [0, 0.1) is 5.92 Å². The molecule has 1 N–H and O–H groups in total.